The molecular formula is C44H85IO5Si2. The number of hydrogen-bond acceptors (Lipinski definition) is 5. The zero-order valence-electron chi connectivity index (χ0n) is 37.1. The van der Waals surface area contributed by atoms with Crippen molar-refractivity contribution in [1.82, 2.24) is 0 Å². The van der Waals surface area contributed by atoms with Crippen molar-refractivity contribution in [3.05, 3.63) is 35.0 Å². The van der Waals surface area contributed by atoms with Crippen LogP contribution in [0.5, 0.6) is 0 Å². The van der Waals surface area contributed by atoms with E-state index in [0.717, 1.165) is 38.5 Å². The largest absolute Gasteiger partial charge is 0.414 e. The summed E-state index contributed by atoms with van der Waals surface area (Å²) >= 11 is 2.30. The van der Waals surface area contributed by atoms with Crippen LogP contribution in [0.2, 0.25) is 36.3 Å². The van der Waals surface area contributed by atoms with Crippen LogP contribution in [0.25, 0.3) is 0 Å². The molecule has 8 heteroatoms. The number of aliphatic hydroxyl groups is 1. The third-order valence-corrected chi connectivity index (χ3v) is 22.2. The van der Waals surface area contributed by atoms with Crippen LogP contribution in [0.1, 0.15) is 135 Å². The molecule has 0 radical (unpaired) electrons. The Labute approximate surface area is 339 Å². The van der Waals surface area contributed by atoms with Crippen LogP contribution in [-0.4, -0.2) is 58.0 Å². The fourth-order valence-corrected chi connectivity index (χ4v) is 10.8. The molecule has 5 nitrogen and oxygen atoms in total. The lowest BCUT2D eigenvalue weighted by atomic mass is 9.81. The highest BCUT2D eigenvalue weighted by Gasteiger charge is 2.44. The Morgan fingerprint density at radius 1 is 0.846 bits per heavy atom. The summed E-state index contributed by atoms with van der Waals surface area (Å²) in [4.78, 5) is 0. The molecule has 1 rings (SSSR count). The second kappa shape index (κ2) is 21.1. The molecule has 0 saturated carbocycles. The van der Waals surface area contributed by atoms with E-state index in [1.807, 2.05) is 6.08 Å². The van der Waals surface area contributed by atoms with Gasteiger partial charge in [-0.15, -0.1) is 0 Å². The van der Waals surface area contributed by atoms with Crippen molar-refractivity contribution in [1.29, 1.82) is 0 Å². The molecule has 0 aliphatic carbocycles. The van der Waals surface area contributed by atoms with Crippen molar-refractivity contribution in [3.63, 3.8) is 0 Å². The Bertz CT molecular complexity index is 1110. The van der Waals surface area contributed by atoms with Crippen molar-refractivity contribution < 1.29 is 23.4 Å². The van der Waals surface area contributed by atoms with E-state index >= 15 is 0 Å². The monoisotopic (exact) mass is 876 g/mol. The second-order valence-corrected chi connectivity index (χ2v) is 30.5. The Hall–Kier alpha value is 0.184. The molecule has 0 aromatic heterocycles. The molecule has 0 unspecified atom stereocenters. The van der Waals surface area contributed by atoms with E-state index in [1.54, 1.807) is 6.08 Å². The van der Waals surface area contributed by atoms with Gasteiger partial charge in [0.05, 0.1) is 30.5 Å². The minimum Gasteiger partial charge on any atom is -0.414 e. The summed E-state index contributed by atoms with van der Waals surface area (Å²) in [6.45, 7) is 45.2. The van der Waals surface area contributed by atoms with Gasteiger partial charge in [-0.3, -0.25) is 0 Å². The normalized spacial score (nSPS) is 24.6. The predicted molar refractivity (Wildman–Crippen MR) is 239 cm³/mol. The first-order valence-electron chi connectivity index (χ1n) is 20.5. The summed E-state index contributed by atoms with van der Waals surface area (Å²) in [6.07, 6.45) is 14.2. The van der Waals surface area contributed by atoms with E-state index in [0.29, 0.717) is 23.7 Å². The SMILES string of the molecule is C=C/C=C\[C@H](C)[C@H](O)[C@@H](C)[C@@H](CC[C@H](C)C[C@H](C)[C@@H](O[Si](C)(C)C(C)(C)C)[C@@H](C)CC[C@@H]1C[C@@H]([C@H](C)/C=C/I)OC(C)(C)O1)O[Si](C)(C)C(C)(C)C. The van der Waals surface area contributed by atoms with E-state index in [-0.39, 0.29) is 46.3 Å². The number of halogens is 1. The molecule has 1 aliphatic heterocycles. The van der Waals surface area contributed by atoms with Crippen LogP contribution in [0.15, 0.2) is 35.0 Å². The minimum atomic E-state index is -2.05. The van der Waals surface area contributed by atoms with E-state index < -0.39 is 28.5 Å². The summed E-state index contributed by atoms with van der Waals surface area (Å²) in [5.41, 5.74) is 0. The summed E-state index contributed by atoms with van der Waals surface area (Å²) in [6, 6.07) is 0. The van der Waals surface area contributed by atoms with Crippen LogP contribution in [0, 0.1) is 35.5 Å². The van der Waals surface area contributed by atoms with Gasteiger partial charge in [0.15, 0.2) is 22.4 Å². The molecule has 306 valence electrons. The van der Waals surface area contributed by atoms with Gasteiger partial charge in [-0.1, -0.05) is 137 Å². The zero-order chi connectivity index (χ0) is 40.5. The fraction of sp³-hybridized carbons (Fsp3) is 0.864. The number of hydrogen-bond donors (Lipinski definition) is 1. The third kappa shape index (κ3) is 16.0. The molecule has 0 bridgehead atoms. The van der Waals surface area contributed by atoms with Crippen molar-refractivity contribution >= 4 is 39.2 Å². The highest BCUT2D eigenvalue weighted by atomic mass is 127. The van der Waals surface area contributed by atoms with Gasteiger partial charge in [0, 0.05) is 24.2 Å². The van der Waals surface area contributed by atoms with Crippen molar-refractivity contribution in [2.75, 3.05) is 0 Å². The minimum absolute atomic E-state index is 0.00840. The van der Waals surface area contributed by atoms with Crippen LogP contribution < -0.4 is 0 Å². The van der Waals surface area contributed by atoms with E-state index in [1.165, 1.54) is 0 Å². The topological polar surface area (TPSA) is 57.2 Å². The first-order chi connectivity index (χ1) is 23.6. The molecular weight excluding hydrogens is 792 g/mol. The maximum atomic E-state index is 11.5. The Morgan fingerprint density at radius 3 is 1.92 bits per heavy atom. The molecule has 52 heavy (non-hydrogen) atoms. The lowest BCUT2D eigenvalue weighted by molar-refractivity contribution is -0.306. The predicted octanol–water partition coefficient (Wildman–Crippen LogP) is 13.5. The van der Waals surface area contributed by atoms with Gasteiger partial charge < -0.3 is 23.4 Å². The average Bonchev–Trinajstić information content (AvgIpc) is 3.00. The number of ether oxygens (including phenoxy) is 2. The van der Waals surface area contributed by atoms with Crippen molar-refractivity contribution in [2.24, 2.45) is 35.5 Å². The van der Waals surface area contributed by atoms with Gasteiger partial charge in [-0.25, -0.2) is 0 Å². The van der Waals surface area contributed by atoms with Crippen molar-refractivity contribution in [2.45, 2.75) is 208 Å². The fourth-order valence-electron chi connectivity index (χ4n) is 7.20. The lowest BCUT2D eigenvalue weighted by Crippen LogP contribution is -2.48. The molecule has 11 atom stereocenters. The van der Waals surface area contributed by atoms with E-state index in [2.05, 4.69) is 169 Å². The summed E-state index contributed by atoms with van der Waals surface area (Å²) < 4.78 is 29.5. The Kier molecular flexibility index (Phi) is 20.4. The Balaban J connectivity index is 3.20. The zero-order valence-corrected chi connectivity index (χ0v) is 41.3. The van der Waals surface area contributed by atoms with Gasteiger partial charge >= 0.3 is 0 Å². The molecule has 0 aromatic rings. The summed E-state index contributed by atoms with van der Waals surface area (Å²) in [5, 5.41) is 11.7. The second-order valence-electron chi connectivity index (χ2n) is 20.2. The maximum Gasteiger partial charge on any atom is 0.192 e. The molecule has 0 aromatic carbocycles. The molecule has 0 spiro atoms. The highest BCUT2D eigenvalue weighted by molar-refractivity contribution is 14.1. The van der Waals surface area contributed by atoms with Crippen LogP contribution in [-0.2, 0) is 18.3 Å². The quantitative estimate of drug-likeness (QED) is 0.0707. The van der Waals surface area contributed by atoms with Gasteiger partial charge in [-0.05, 0) is 104 Å². The molecule has 1 fully saturated rings. The first kappa shape index (κ1) is 50.2. The first-order valence-corrected chi connectivity index (χ1v) is 27.6. The van der Waals surface area contributed by atoms with E-state index in [9.17, 15) is 5.11 Å². The maximum absolute atomic E-state index is 11.5. The smallest absolute Gasteiger partial charge is 0.192 e. The molecule has 1 saturated heterocycles. The highest BCUT2D eigenvalue weighted by Crippen LogP contribution is 2.43. The molecule has 0 amide bonds. The van der Waals surface area contributed by atoms with Gasteiger partial charge in [-0.2, -0.15) is 0 Å². The molecule has 1 aliphatic rings. The lowest BCUT2D eigenvalue weighted by Gasteiger charge is -2.45. The van der Waals surface area contributed by atoms with Crippen LogP contribution in [0.4, 0.5) is 0 Å². The van der Waals surface area contributed by atoms with Gasteiger partial charge in [0.1, 0.15) is 0 Å². The van der Waals surface area contributed by atoms with Gasteiger partial charge in [0.25, 0.3) is 0 Å². The number of rotatable bonds is 21. The summed E-state index contributed by atoms with van der Waals surface area (Å²) in [7, 11) is -4.06. The number of aliphatic hydroxyl groups excluding tert-OH is 1. The molecule has 1 N–H and O–H groups in total. The van der Waals surface area contributed by atoms with Crippen LogP contribution in [0.3, 0.4) is 0 Å². The average molecular weight is 877 g/mol. The summed E-state index contributed by atoms with van der Waals surface area (Å²) in [5.74, 6) is 1.16. The van der Waals surface area contributed by atoms with Crippen molar-refractivity contribution in [3.8, 4) is 0 Å². The van der Waals surface area contributed by atoms with Crippen LogP contribution >= 0.6 is 22.6 Å². The number of allylic oxidation sites excluding steroid dienone is 2. The van der Waals surface area contributed by atoms with E-state index in [4.69, 9.17) is 18.3 Å². The Morgan fingerprint density at radius 2 is 1.40 bits per heavy atom. The molecule has 1 heterocycles. The standard InChI is InChI=1S/C44H85IO5Si2/c1-20-21-22-33(4)40(46)36(7)38(49-51(16,17)42(8,9)10)26-23-31(2)29-35(6)41(50-52(18,19)43(11,12)13)34(5)24-25-37-30-39(32(3)27-28-45)48-44(14,15)47-37/h20-22,27-28,31-41,46H,1,23-26,29-30H2,2-19H3/b22-21-,28-27+/t31-,32+,33-,34-,35-,36-,37+,38+,39-,40-,41-/m0/s1. The third-order valence-electron chi connectivity index (χ3n) is 12.8. The van der Waals surface area contributed by atoms with Gasteiger partial charge in [0.2, 0.25) is 0 Å².